The second kappa shape index (κ2) is 18.4. The molecule has 0 saturated carbocycles. The number of hydrogen-bond acceptors (Lipinski definition) is 2. The summed E-state index contributed by atoms with van der Waals surface area (Å²) in [5.41, 5.74) is 15.9. The van der Waals surface area contributed by atoms with Crippen LogP contribution in [0.2, 0.25) is 0 Å². The van der Waals surface area contributed by atoms with E-state index in [-0.39, 0.29) is 10.8 Å². The maximum Gasteiger partial charge on any atom is 0.0462 e. The van der Waals surface area contributed by atoms with E-state index in [0.717, 1.165) is 38.5 Å². The highest BCUT2D eigenvalue weighted by atomic mass is 15.2. The average Bonchev–Trinajstić information content (AvgIpc) is 3.27. The van der Waals surface area contributed by atoms with E-state index in [2.05, 4.69) is 219 Å². The van der Waals surface area contributed by atoms with Gasteiger partial charge in [-0.2, -0.15) is 0 Å². The van der Waals surface area contributed by atoms with Gasteiger partial charge in [-0.15, -0.1) is 0 Å². The molecule has 0 heterocycles. The minimum Gasteiger partial charge on any atom is -0.314 e. The zero-order valence-corrected chi connectivity index (χ0v) is 37.6. The number of anilines is 5. The van der Waals surface area contributed by atoms with Gasteiger partial charge in [-0.1, -0.05) is 143 Å². The van der Waals surface area contributed by atoms with Crippen molar-refractivity contribution in [2.75, 3.05) is 9.80 Å². The minimum atomic E-state index is 0.151. The van der Waals surface area contributed by atoms with Gasteiger partial charge >= 0.3 is 0 Å². The van der Waals surface area contributed by atoms with Crippen molar-refractivity contribution in [2.24, 2.45) is 5.92 Å². The highest BCUT2D eigenvalue weighted by molar-refractivity contribution is 5.80. The fourth-order valence-electron chi connectivity index (χ4n) is 8.43. The average molecular weight is 771 g/mol. The number of hydrogen-bond donors (Lipinski definition) is 0. The predicted octanol–water partition coefficient (Wildman–Crippen LogP) is 17.1. The van der Waals surface area contributed by atoms with E-state index >= 15 is 0 Å². The Morgan fingerprint density at radius 2 is 0.897 bits per heavy atom. The highest BCUT2D eigenvalue weighted by Gasteiger charge is 2.26. The molecule has 304 valence electrons. The molecule has 0 N–H and O–H groups in total. The summed E-state index contributed by atoms with van der Waals surface area (Å²) in [6.07, 6.45) is 11.3. The van der Waals surface area contributed by atoms with Gasteiger partial charge in [-0.05, 0) is 167 Å². The molecule has 0 fully saturated rings. The molecule has 58 heavy (non-hydrogen) atoms. The molecule has 3 atom stereocenters. The molecule has 1 aliphatic rings. The Hall–Kier alpha value is -4.82. The van der Waals surface area contributed by atoms with Crippen LogP contribution in [0.5, 0.6) is 0 Å². The van der Waals surface area contributed by atoms with E-state index in [4.69, 9.17) is 0 Å². The van der Waals surface area contributed by atoms with Crippen molar-refractivity contribution in [1.29, 1.82) is 0 Å². The Morgan fingerprint density at radius 1 is 0.500 bits per heavy atom. The summed E-state index contributed by atoms with van der Waals surface area (Å²) in [6, 6.07) is 46.4. The summed E-state index contributed by atoms with van der Waals surface area (Å²) in [4.78, 5) is 4.90. The number of benzene rings is 5. The molecule has 5 aromatic rings. The topological polar surface area (TPSA) is 6.48 Å². The molecule has 2 nitrogen and oxygen atoms in total. The van der Waals surface area contributed by atoms with E-state index < -0.39 is 0 Å². The van der Waals surface area contributed by atoms with E-state index in [1.165, 1.54) is 67.5 Å². The molecule has 2 heteroatoms. The normalized spacial score (nSPS) is 15.7. The smallest absolute Gasteiger partial charge is 0.0462 e. The molecule has 0 aromatic heterocycles. The second-order valence-electron chi connectivity index (χ2n) is 18.0. The predicted molar refractivity (Wildman–Crippen MR) is 255 cm³/mol. The van der Waals surface area contributed by atoms with Crippen LogP contribution in [0.15, 0.2) is 139 Å². The van der Waals surface area contributed by atoms with Gasteiger partial charge in [-0.25, -0.2) is 0 Å². The molecule has 0 bridgehead atoms. The summed E-state index contributed by atoms with van der Waals surface area (Å²) in [5.74, 6) is 1.45. The van der Waals surface area contributed by atoms with Crippen LogP contribution in [0.25, 0.3) is 5.57 Å². The van der Waals surface area contributed by atoms with Gasteiger partial charge in [0.25, 0.3) is 0 Å². The van der Waals surface area contributed by atoms with Crippen molar-refractivity contribution in [2.45, 2.75) is 137 Å². The molecule has 0 amide bonds. The SMILES string of the molecule is CCC(C)c1ccc(N(C2=CC=C(c3ccc(N(c4ccc(C(C)CC)cc4)c4ccc(C(C)(CC)CC)cc4)cc3)C(C)C2)c2ccc(C(C)(C)CC)cc2)cc1. The Morgan fingerprint density at radius 3 is 1.29 bits per heavy atom. The third kappa shape index (κ3) is 9.07. The second-order valence-corrected chi connectivity index (χ2v) is 18.0. The third-order valence-corrected chi connectivity index (χ3v) is 14.1. The summed E-state index contributed by atoms with van der Waals surface area (Å²) < 4.78 is 0. The molecular weight excluding hydrogens is 701 g/mol. The van der Waals surface area contributed by atoms with Crippen LogP contribution in [0.4, 0.5) is 28.4 Å². The lowest BCUT2D eigenvalue weighted by atomic mass is 9.78. The van der Waals surface area contributed by atoms with Crippen LogP contribution >= 0.6 is 0 Å². The molecule has 0 aliphatic heterocycles. The lowest BCUT2D eigenvalue weighted by molar-refractivity contribution is 0.439. The fraction of sp³-hybridized carbons (Fsp3) is 0.393. The van der Waals surface area contributed by atoms with Crippen molar-refractivity contribution in [3.8, 4) is 0 Å². The van der Waals surface area contributed by atoms with Crippen LogP contribution in [0.3, 0.4) is 0 Å². The monoisotopic (exact) mass is 771 g/mol. The van der Waals surface area contributed by atoms with Gasteiger partial charge in [0.15, 0.2) is 0 Å². The zero-order chi connectivity index (χ0) is 41.6. The van der Waals surface area contributed by atoms with E-state index in [9.17, 15) is 0 Å². The first-order valence-electron chi connectivity index (χ1n) is 22.4. The number of allylic oxidation sites excluding steroid dienone is 4. The summed E-state index contributed by atoms with van der Waals surface area (Å²) >= 11 is 0. The maximum absolute atomic E-state index is 2.48. The standard InChI is InChI=1S/C56H70N2/c1-12-40(6)43-17-27-48(28-18-43)57(51-35-25-47(26-36-51)56(11,15-4)16-5)49-31-21-45(22-32-49)54-38-37-53(39-42(54)8)58(50-29-19-44(20-30-50)41(7)13-2)52-33-23-46(24-34-52)55(9,10)14-3/h17-38,40-42H,12-16,39H2,1-11H3. The molecule has 0 radical (unpaired) electrons. The first-order chi connectivity index (χ1) is 27.9. The van der Waals surface area contributed by atoms with Crippen molar-refractivity contribution in [3.63, 3.8) is 0 Å². The highest BCUT2D eigenvalue weighted by Crippen LogP contribution is 2.42. The minimum absolute atomic E-state index is 0.151. The van der Waals surface area contributed by atoms with Gasteiger partial charge in [0.1, 0.15) is 0 Å². The molecule has 0 saturated heterocycles. The van der Waals surface area contributed by atoms with Crippen molar-refractivity contribution >= 4 is 34.0 Å². The van der Waals surface area contributed by atoms with Gasteiger partial charge in [0.05, 0.1) is 0 Å². The van der Waals surface area contributed by atoms with Crippen LogP contribution in [-0.4, -0.2) is 0 Å². The number of nitrogens with zero attached hydrogens (tertiary/aromatic N) is 2. The van der Waals surface area contributed by atoms with E-state index in [1.807, 2.05) is 0 Å². The lowest BCUT2D eigenvalue weighted by Gasteiger charge is -2.33. The van der Waals surface area contributed by atoms with Crippen LogP contribution < -0.4 is 9.80 Å². The summed E-state index contributed by atoms with van der Waals surface area (Å²) in [6.45, 7) is 25.5. The molecule has 3 unspecified atom stereocenters. The molecule has 5 aromatic carbocycles. The number of rotatable bonds is 16. The Bertz CT molecular complexity index is 2130. The van der Waals surface area contributed by atoms with E-state index in [0.29, 0.717) is 17.8 Å². The zero-order valence-electron chi connectivity index (χ0n) is 37.6. The fourth-order valence-corrected chi connectivity index (χ4v) is 8.43. The van der Waals surface area contributed by atoms with E-state index in [1.54, 1.807) is 0 Å². The molecule has 1 aliphatic carbocycles. The van der Waals surface area contributed by atoms with Crippen LogP contribution in [0.1, 0.15) is 154 Å². The Labute approximate surface area is 352 Å². The molecular formula is C56H70N2. The molecule has 0 spiro atoms. The van der Waals surface area contributed by atoms with Gasteiger partial charge in [0, 0.05) is 34.1 Å². The lowest BCUT2D eigenvalue weighted by Crippen LogP contribution is -2.21. The van der Waals surface area contributed by atoms with Gasteiger partial charge in [-0.3, -0.25) is 0 Å². The first-order valence-corrected chi connectivity index (χ1v) is 22.4. The van der Waals surface area contributed by atoms with Gasteiger partial charge < -0.3 is 9.80 Å². The molecule has 6 rings (SSSR count). The Balaban J connectivity index is 1.34. The maximum atomic E-state index is 2.48. The van der Waals surface area contributed by atoms with Crippen molar-refractivity contribution in [3.05, 3.63) is 167 Å². The first kappa shape index (κ1) is 42.8. The third-order valence-electron chi connectivity index (χ3n) is 14.1. The van der Waals surface area contributed by atoms with Crippen molar-refractivity contribution < 1.29 is 0 Å². The van der Waals surface area contributed by atoms with Gasteiger partial charge in [0.2, 0.25) is 0 Å². The van der Waals surface area contributed by atoms with Crippen molar-refractivity contribution in [1.82, 2.24) is 0 Å². The van der Waals surface area contributed by atoms with Crippen LogP contribution in [0, 0.1) is 5.92 Å². The summed E-state index contributed by atoms with van der Waals surface area (Å²) in [7, 11) is 0. The quantitative estimate of drug-likeness (QED) is 0.0986. The summed E-state index contributed by atoms with van der Waals surface area (Å²) in [5, 5.41) is 0. The largest absolute Gasteiger partial charge is 0.314 e. The van der Waals surface area contributed by atoms with Crippen LogP contribution in [-0.2, 0) is 10.8 Å². The Kier molecular flexibility index (Phi) is 13.6.